The monoisotopic (exact) mass is 196 g/mol. The lowest BCUT2D eigenvalue weighted by Gasteiger charge is -2.26. The van der Waals surface area contributed by atoms with Gasteiger partial charge >= 0.3 is 0 Å². The van der Waals surface area contributed by atoms with Crippen molar-refractivity contribution in [1.82, 2.24) is 10.2 Å². The van der Waals surface area contributed by atoms with Gasteiger partial charge in [-0.15, -0.1) is 0 Å². The summed E-state index contributed by atoms with van der Waals surface area (Å²) in [5.41, 5.74) is 0.683. The van der Waals surface area contributed by atoms with E-state index in [4.69, 9.17) is 0 Å². The molecule has 0 aromatic carbocycles. The van der Waals surface area contributed by atoms with Crippen LogP contribution < -0.4 is 5.32 Å². The fourth-order valence-electron chi connectivity index (χ4n) is 2.40. The van der Waals surface area contributed by atoms with Gasteiger partial charge in [-0.05, 0) is 44.2 Å². The molecule has 1 aliphatic heterocycles. The molecule has 1 heterocycles. The summed E-state index contributed by atoms with van der Waals surface area (Å²) in [7, 11) is 0. The maximum atomic E-state index is 3.63. The smallest absolute Gasteiger partial charge is 0.0192 e. The molecule has 2 heteroatoms. The molecular formula is C12H24N2. The van der Waals surface area contributed by atoms with Crippen LogP contribution in [0.25, 0.3) is 0 Å². The number of hydrogen-bond acceptors (Lipinski definition) is 2. The van der Waals surface area contributed by atoms with Crippen molar-refractivity contribution in [3.63, 3.8) is 0 Å². The van der Waals surface area contributed by atoms with Gasteiger partial charge in [-0.2, -0.15) is 0 Å². The molecular weight excluding hydrogens is 172 g/mol. The Labute approximate surface area is 88.1 Å². The average Bonchev–Trinajstić information content (AvgIpc) is 2.91. The third-order valence-corrected chi connectivity index (χ3v) is 3.76. The second-order valence-corrected chi connectivity index (χ2v) is 5.46. The molecule has 0 aromatic rings. The van der Waals surface area contributed by atoms with E-state index < -0.39 is 0 Å². The Kier molecular flexibility index (Phi) is 3.13. The van der Waals surface area contributed by atoms with Gasteiger partial charge in [0.1, 0.15) is 0 Å². The van der Waals surface area contributed by atoms with Crippen molar-refractivity contribution in [2.75, 3.05) is 26.2 Å². The van der Waals surface area contributed by atoms with Gasteiger partial charge in [0.25, 0.3) is 0 Å². The lowest BCUT2D eigenvalue weighted by molar-refractivity contribution is 0.222. The van der Waals surface area contributed by atoms with Crippen molar-refractivity contribution in [2.45, 2.75) is 45.6 Å². The summed E-state index contributed by atoms with van der Waals surface area (Å²) in [6.45, 7) is 9.86. The van der Waals surface area contributed by atoms with Crippen molar-refractivity contribution >= 4 is 0 Å². The van der Waals surface area contributed by atoms with Crippen LogP contribution in [0.2, 0.25) is 0 Å². The van der Waals surface area contributed by atoms with E-state index in [9.17, 15) is 0 Å². The number of rotatable bonds is 3. The van der Waals surface area contributed by atoms with Gasteiger partial charge < -0.3 is 10.2 Å². The molecule has 0 aromatic heterocycles. The molecule has 14 heavy (non-hydrogen) atoms. The normalized spacial score (nSPS) is 32.6. The third-order valence-electron chi connectivity index (χ3n) is 3.76. The van der Waals surface area contributed by atoms with Crippen molar-refractivity contribution in [3.8, 4) is 0 Å². The maximum Gasteiger partial charge on any atom is 0.0192 e. The third kappa shape index (κ3) is 2.71. The van der Waals surface area contributed by atoms with Gasteiger partial charge in [0.2, 0.25) is 0 Å². The van der Waals surface area contributed by atoms with Crippen molar-refractivity contribution < 1.29 is 0 Å². The Bertz CT molecular complexity index is 187. The largest absolute Gasteiger partial charge is 0.313 e. The van der Waals surface area contributed by atoms with E-state index in [2.05, 4.69) is 24.1 Å². The minimum Gasteiger partial charge on any atom is -0.313 e. The highest BCUT2D eigenvalue weighted by atomic mass is 15.2. The lowest BCUT2D eigenvalue weighted by Crippen LogP contribution is -2.39. The van der Waals surface area contributed by atoms with Crippen LogP contribution in [0.5, 0.6) is 0 Å². The van der Waals surface area contributed by atoms with Gasteiger partial charge in [0.15, 0.2) is 0 Å². The Balaban J connectivity index is 1.83. The molecule has 1 atom stereocenters. The zero-order valence-electron chi connectivity index (χ0n) is 9.68. The summed E-state index contributed by atoms with van der Waals surface area (Å²) in [5, 5.41) is 3.63. The van der Waals surface area contributed by atoms with E-state index in [-0.39, 0.29) is 0 Å². The summed E-state index contributed by atoms with van der Waals surface area (Å²) in [6.07, 6.45) is 5.50. The van der Waals surface area contributed by atoms with Crippen LogP contribution in [0, 0.1) is 5.41 Å². The quantitative estimate of drug-likeness (QED) is 0.741. The molecule has 82 valence electrons. The van der Waals surface area contributed by atoms with Crippen LogP contribution in [-0.2, 0) is 0 Å². The topological polar surface area (TPSA) is 15.3 Å². The standard InChI is InChI=1S/C12H24N2/c1-3-11-9-14(8-4-7-13-11)10-12(2)5-6-12/h11,13H,3-10H2,1-2H3. The van der Waals surface area contributed by atoms with E-state index in [0.717, 1.165) is 6.04 Å². The number of hydrogen-bond donors (Lipinski definition) is 1. The first-order chi connectivity index (χ1) is 6.72. The number of nitrogens with zero attached hydrogens (tertiary/aromatic N) is 1. The SMILES string of the molecule is CCC1CN(CC2(C)CC2)CCCN1. The molecule has 2 rings (SSSR count). The highest BCUT2D eigenvalue weighted by molar-refractivity contribution is 4.92. The van der Waals surface area contributed by atoms with Crippen LogP contribution in [0.15, 0.2) is 0 Å². The molecule has 1 unspecified atom stereocenters. The Morgan fingerprint density at radius 1 is 1.43 bits per heavy atom. The van der Waals surface area contributed by atoms with E-state index in [0.29, 0.717) is 5.41 Å². The zero-order valence-corrected chi connectivity index (χ0v) is 9.68. The summed E-state index contributed by atoms with van der Waals surface area (Å²) in [5.74, 6) is 0. The second kappa shape index (κ2) is 4.19. The predicted octanol–water partition coefficient (Wildman–Crippen LogP) is 1.86. The number of nitrogens with one attached hydrogen (secondary N) is 1. The summed E-state index contributed by atoms with van der Waals surface area (Å²) in [6, 6.07) is 0.736. The first-order valence-corrected chi connectivity index (χ1v) is 6.18. The van der Waals surface area contributed by atoms with Gasteiger partial charge in [-0.3, -0.25) is 0 Å². The van der Waals surface area contributed by atoms with Crippen molar-refractivity contribution in [2.24, 2.45) is 5.41 Å². The molecule has 2 aliphatic rings. The Morgan fingerprint density at radius 3 is 2.86 bits per heavy atom. The van der Waals surface area contributed by atoms with Crippen molar-refractivity contribution in [3.05, 3.63) is 0 Å². The van der Waals surface area contributed by atoms with E-state index >= 15 is 0 Å². The van der Waals surface area contributed by atoms with Gasteiger partial charge in [-0.1, -0.05) is 13.8 Å². The highest BCUT2D eigenvalue weighted by Crippen LogP contribution is 2.45. The molecule has 0 amide bonds. The van der Waals surface area contributed by atoms with Crippen LogP contribution in [0.3, 0.4) is 0 Å². The minimum atomic E-state index is 0.683. The van der Waals surface area contributed by atoms with Gasteiger partial charge in [0.05, 0.1) is 0 Å². The Morgan fingerprint density at radius 2 is 2.21 bits per heavy atom. The average molecular weight is 196 g/mol. The van der Waals surface area contributed by atoms with E-state index in [1.165, 1.54) is 51.9 Å². The fourth-order valence-corrected chi connectivity index (χ4v) is 2.40. The molecule has 0 spiro atoms. The van der Waals surface area contributed by atoms with Crippen LogP contribution >= 0.6 is 0 Å². The van der Waals surface area contributed by atoms with Crippen molar-refractivity contribution in [1.29, 1.82) is 0 Å². The molecule has 0 radical (unpaired) electrons. The van der Waals surface area contributed by atoms with Crippen LogP contribution in [-0.4, -0.2) is 37.1 Å². The molecule has 0 bridgehead atoms. The second-order valence-electron chi connectivity index (χ2n) is 5.46. The molecule has 1 saturated carbocycles. The predicted molar refractivity (Wildman–Crippen MR) is 60.5 cm³/mol. The first kappa shape index (κ1) is 10.4. The first-order valence-electron chi connectivity index (χ1n) is 6.18. The maximum absolute atomic E-state index is 3.63. The summed E-state index contributed by atoms with van der Waals surface area (Å²) >= 11 is 0. The van der Waals surface area contributed by atoms with Crippen LogP contribution in [0.4, 0.5) is 0 Å². The van der Waals surface area contributed by atoms with Gasteiger partial charge in [-0.25, -0.2) is 0 Å². The molecule has 1 aliphatic carbocycles. The zero-order chi connectivity index (χ0) is 10.0. The van der Waals surface area contributed by atoms with Crippen LogP contribution in [0.1, 0.15) is 39.5 Å². The Hall–Kier alpha value is -0.0800. The molecule has 2 nitrogen and oxygen atoms in total. The summed E-state index contributed by atoms with van der Waals surface area (Å²) < 4.78 is 0. The lowest BCUT2D eigenvalue weighted by atomic mass is 10.1. The highest BCUT2D eigenvalue weighted by Gasteiger charge is 2.38. The molecule has 1 saturated heterocycles. The molecule has 1 N–H and O–H groups in total. The van der Waals surface area contributed by atoms with E-state index in [1.807, 2.05) is 0 Å². The van der Waals surface area contributed by atoms with Gasteiger partial charge in [0, 0.05) is 19.1 Å². The fraction of sp³-hybridized carbons (Fsp3) is 1.00. The summed E-state index contributed by atoms with van der Waals surface area (Å²) in [4.78, 5) is 2.68. The van der Waals surface area contributed by atoms with E-state index in [1.54, 1.807) is 0 Å². The molecule has 2 fully saturated rings. The minimum absolute atomic E-state index is 0.683.